The first kappa shape index (κ1) is 16.2. The number of rotatable bonds is 5. The van der Waals surface area contributed by atoms with Crippen molar-refractivity contribution in [1.29, 1.82) is 0 Å². The normalized spacial score (nSPS) is 16.6. The summed E-state index contributed by atoms with van der Waals surface area (Å²) in [6, 6.07) is 1.12. The quantitative estimate of drug-likeness (QED) is 0.837. The van der Waals surface area contributed by atoms with Crippen LogP contribution < -0.4 is 5.32 Å². The predicted molar refractivity (Wildman–Crippen MR) is 73.3 cm³/mol. The molecule has 9 heteroatoms. The summed E-state index contributed by atoms with van der Waals surface area (Å²) in [5.41, 5.74) is 0.0433. The highest BCUT2D eigenvalue weighted by molar-refractivity contribution is 8.13. The molecule has 0 saturated heterocycles. The molecule has 0 atom stereocenters. The first-order valence-corrected chi connectivity index (χ1v) is 8.83. The highest BCUT2D eigenvalue weighted by atomic mass is 35.7. The number of halogens is 3. The Morgan fingerprint density at radius 3 is 2.57 bits per heavy atom. The van der Waals surface area contributed by atoms with E-state index in [0.717, 1.165) is 31.7 Å². The third kappa shape index (κ3) is 3.94. The lowest BCUT2D eigenvalue weighted by molar-refractivity contribution is 0.0881. The number of hydrogen-bond acceptors (Lipinski definition) is 3. The number of nitrogens with one attached hydrogen (secondary N) is 1. The first-order valence-electron chi connectivity index (χ1n) is 6.52. The van der Waals surface area contributed by atoms with Gasteiger partial charge in [0.1, 0.15) is 10.6 Å². The van der Waals surface area contributed by atoms with Crippen molar-refractivity contribution in [2.75, 3.05) is 6.54 Å². The van der Waals surface area contributed by atoms with E-state index in [2.05, 4.69) is 5.32 Å². The molecule has 1 aromatic rings. The molecule has 0 spiro atoms. The van der Waals surface area contributed by atoms with E-state index in [1.54, 1.807) is 0 Å². The van der Waals surface area contributed by atoms with Crippen LogP contribution in [0.2, 0.25) is 0 Å². The standard InChI is InChI=1S/C12H15ClF2N2O3S/c13-21(19,20)9-5-10(12(18)16-6-11(14)15)17(7-9)8-3-1-2-4-8/h5,7-8,11H,1-4,6H2,(H,16,18). The van der Waals surface area contributed by atoms with E-state index in [-0.39, 0.29) is 16.6 Å². The third-order valence-electron chi connectivity index (χ3n) is 3.47. The van der Waals surface area contributed by atoms with Gasteiger partial charge in [0.2, 0.25) is 0 Å². The Morgan fingerprint density at radius 1 is 1.43 bits per heavy atom. The van der Waals surface area contributed by atoms with Crippen molar-refractivity contribution < 1.29 is 22.0 Å². The number of hydrogen-bond donors (Lipinski definition) is 1. The van der Waals surface area contributed by atoms with Gasteiger partial charge in [-0.05, 0) is 18.9 Å². The number of carbonyl (C=O) groups is 1. The summed E-state index contributed by atoms with van der Waals surface area (Å²) in [4.78, 5) is 11.8. The van der Waals surface area contributed by atoms with Crippen molar-refractivity contribution in [3.05, 3.63) is 18.0 Å². The fourth-order valence-electron chi connectivity index (χ4n) is 2.51. The monoisotopic (exact) mass is 340 g/mol. The Labute approximate surface area is 125 Å². The lowest BCUT2D eigenvalue weighted by Gasteiger charge is -2.15. The lowest BCUT2D eigenvalue weighted by atomic mass is 10.2. The second-order valence-corrected chi connectivity index (χ2v) is 7.51. The zero-order valence-corrected chi connectivity index (χ0v) is 12.6. The minimum absolute atomic E-state index is 0.00975. The Bertz CT molecular complexity index is 624. The van der Waals surface area contributed by atoms with Crippen LogP contribution in [-0.2, 0) is 9.05 Å². The van der Waals surface area contributed by atoms with Crippen molar-refractivity contribution >= 4 is 25.6 Å². The van der Waals surface area contributed by atoms with E-state index in [4.69, 9.17) is 10.7 Å². The highest BCUT2D eigenvalue weighted by Gasteiger charge is 2.26. The molecule has 1 saturated carbocycles. The van der Waals surface area contributed by atoms with Crippen molar-refractivity contribution in [3.63, 3.8) is 0 Å². The molecular formula is C12H15ClF2N2O3S. The predicted octanol–water partition coefficient (Wildman–Crippen LogP) is 2.53. The molecule has 21 heavy (non-hydrogen) atoms. The average Bonchev–Trinajstić information content (AvgIpc) is 3.02. The Hall–Kier alpha value is -1.15. The average molecular weight is 341 g/mol. The smallest absolute Gasteiger partial charge is 0.268 e. The van der Waals surface area contributed by atoms with E-state index >= 15 is 0 Å². The van der Waals surface area contributed by atoms with Gasteiger partial charge in [0.25, 0.3) is 21.4 Å². The molecule has 2 rings (SSSR count). The third-order valence-corrected chi connectivity index (χ3v) is 4.79. The summed E-state index contributed by atoms with van der Waals surface area (Å²) in [6.45, 7) is -0.780. The molecule has 5 nitrogen and oxygen atoms in total. The molecular weight excluding hydrogens is 326 g/mol. The number of amides is 1. The number of carbonyl (C=O) groups excluding carboxylic acids is 1. The maximum Gasteiger partial charge on any atom is 0.268 e. The Morgan fingerprint density at radius 2 is 2.05 bits per heavy atom. The SMILES string of the molecule is O=C(NCC(F)F)c1cc(S(=O)(=O)Cl)cn1C1CCCC1. The van der Waals surface area contributed by atoms with Gasteiger partial charge in [-0.15, -0.1) is 0 Å². The van der Waals surface area contributed by atoms with Crippen molar-refractivity contribution in [2.45, 2.75) is 43.0 Å². The van der Waals surface area contributed by atoms with Gasteiger partial charge < -0.3 is 9.88 Å². The summed E-state index contributed by atoms with van der Waals surface area (Å²) in [7, 11) is 1.31. The van der Waals surface area contributed by atoms with E-state index < -0.39 is 27.9 Å². The number of nitrogens with zero attached hydrogens (tertiary/aromatic N) is 1. The molecule has 0 aliphatic heterocycles. The van der Waals surface area contributed by atoms with Gasteiger partial charge in [0.05, 0.1) is 6.54 Å². The van der Waals surface area contributed by atoms with Crippen LogP contribution in [-0.4, -0.2) is 31.9 Å². The van der Waals surface area contributed by atoms with Crippen molar-refractivity contribution in [1.82, 2.24) is 9.88 Å². The first-order chi connectivity index (χ1) is 9.79. The van der Waals surface area contributed by atoms with Crippen LogP contribution in [0.25, 0.3) is 0 Å². The molecule has 1 amide bonds. The second kappa shape index (κ2) is 6.31. The molecule has 0 radical (unpaired) electrons. The fourth-order valence-corrected chi connectivity index (χ4v) is 3.26. The van der Waals surface area contributed by atoms with E-state index in [1.807, 2.05) is 0 Å². The Balaban J connectivity index is 2.32. The lowest BCUT2D eigenvalue weighted by Crippen LogP contribution is -2.30. The maximum absolute atomic E-state index is 12.2. The highest BCUT2D eigenvalue weighted by Crippen LogP contribution is 2.32. The molecule has 1 fully saturated rings. The molecule has 1 heterocycles. The zero-order valence-electron chi connectivity index (χ0n) is 11.1. The summed E-state index contributed by atoms with van der Waals surface area (Å²) in [5.74, 6) is -0.728. The zero-order chi connectivity index (χ0) is 15.6. The van der Waals surface area contributed by atoms with Gasteiger partial charge in [0.15, 0.2) is 0 Å². The van der Waals surface area contributed by atoms with Crippen LogP contribution in [0.3, 0.4) is 0 Å². The van der Waals surface area contributed by atoms with Crippen molar-refractivity contribution in [2.24, 2.45) is 0 Å². The number of aromatic nitrogens is 1. The van der Waals surface area contributed by atoms with Crippen molar-refractivity contribution in [3.8, 4) is 0 Å². The topological polar surface area (TPSA) is 68.2 Å². The van der Waals surface area contributed by atoms with Gasteiger partial charge >= 0.3 is 0 Å². The maximum atomic E-state index is 12.2. The molecule has 1 aliphatic rings. The van der Waals surface area contributed by atoms with Gasteiger partial charge in [-0.1, -0.05) is 12.8 Å². The summed E-state index contributed by atoms with van der Waals surface area (Å²) in [6.07, 6.45) is 2.21. The molecule has 1 aliphatic carbocycles. The van der Waals surface area contributed by atoms with Gasteiger partial charge in [0, 0.05) is 22.9 Å². The van der Waals surface area contributed by atoms with Crippen LogP contribution >= 0.6 is 10.7 Å². The van der Waals surface area contributed by atoms with E-state index in [9.17, 15) is 22.0 Å². The molecule has 1 aromatic heterocycles. The van der Waals surface area contributed by atoms with Crippen LogP contribution in [0, 0.1) is 0 Å². The van der Waals surface area contributed by atoms with Gasteiger partial charge in [-0.3, -0.25) is 4.79 Å². The summed E-state index contributed by atoms with van der Waals surface area (Å²) in [5, 5.41) is 2.08. The van der Waals surface area contributed by atoms with Gasteiger partial charge in [-0.25, -0.2) is 17.2 Å². The minimum Gasteiger partial charge on any atom is -0.345 e. The molecule has 0 bridgehead atoms. The summed E-state index contributed by atoms with van der Waals surface area (Å²) < 4.78 is 48.7. The molecule has 0 unspecified atom stereocenters. The molecule has 118 valence electrons. The van der Waals surface area contributed by atoms with Gasteiger partial charge in [-0.2, -0.15) is 0 Å². The Kier molecular flexibility index (Phi) is 4.88. The number of alkyl halides is 2. The van der Waals surface area contributed by atoms with E-state index in [0.29, 0.717) is 0 Å². The largest absolute Gasteiger partial charge is 0.345 e. The minimum atomic E-state index is -3.98. The van der Waals surface area contributed by atoms with Crippen LogP contribution in [0.1, 0.15) is 42.2 Å². The second-order valence-electron chi connectivity index (χ2n) is 4.95. The van der Waals surface area contributed by atoms with E-state index in [1.165, 1.54) is 10.8 Å². The van der Waals surface area contributed by atoms with Crippen LogP contribution in [0.4, 0.5) is 8.78 Å². The molecule has 0 aromatic carbocycles. The molecule has 1 N–H and O–H groups in total. The van der Waals surface area contributed by atoms with Crippen LogP contribution in [0.15, 0.2) is 17.2 Å². The fraction of sp³-hybridized carbons (Fsp3) is 0.583. The van der Waals surface area contributed by atoms with Crippen LogP contribution in [0.5, 0.6) is 0 Å². The summed E-state index contributed by atoms with van der Waals surface area (Å²) >= 11 is 0.